The van der Waals surface area contributed by atoms with Crippen LogP contribution in [-0.4, -0.2) is 10.1 Å². The van der Waals surface area contributed by atoms with Crippen LogP contribution < -0.4 is 15.5 Å². The van der Waals surface area contributed by atoms with E-state index in [9.17, 15) is 0 Å². The van der Waals surface area contributed by atoms with Gasteiger partial charge in [0.15, 0.2) is 0 Å². The van der Waals surface area contributed by atoms with Gasteiger partial charge in [-0.3, -0.25) is 0 Å². The van der Waals surface area contributed by atoms with Crippen LogP contribution in [0.15, 0.2) is 115 Å². The van der Waals surface area contributed by atoms with Gasteiger partial charge in [0.1, 0.15) is 0 Å². The highest BCUT2D eigenvalue weighted by Crippen LogP contribution is 2.73. The number of nitrogens with zero attached hydrogens (tertiary/aromatic N) is 2. The molecule has 0 saturated heterocycles. The molecule has 1 aromatic heterocycles. The highest BCUT2D eigenvalue weighted by molar-refractivity contribution is 6.03. The Morgan fingerprint density at radius 3 is 2.40 bits per heavy atom. The summed E-state index contributed by atoms with van der Waals surface area (Å²) in [6.07, 6.45) is 12.5. The summed E-state index contributed by atoms with van der Waals surface area (Å²) < 4.78 is 2.58. The molecule has 0 N–H and O–H groups in total. The lowest BCUT2D eigenvalue weighted by atomic mass is 9.89. The van der Waals surface area contributed by atoms with E-state index >= 15 is 0 Å². The zero-order valence-electron chi connectivity index (χ0n) is 23.2. The Balaban J connectivity index is 1.24. The van der Waals surface area contributed by atoms with Crippen LogP contribution in [0, 0.1) is 5.92 Å². The number of para-hydroxylation sites is 2. The maximum Gasteiger partial charge on any atom is 0.0789 e. The summed E-state index contributed by atoms with van der Waals surface area (Å²) in [5, 5.41) is 6.67. The zero-order valence-corrected chi connectivity index (χ0v) is 23.2. The van der Waals surface area contributed by atoms with Gasteiger partial charge < -0.3 is 9.47 Å². The van der Waals surface area contributed by atoms with E-state index in [2.05, 4.69) is 143 Å². The Morgan fingerprint density at radius 1 is 0.667 bits per heavy atom. The van der Waals surface area contributed by atoms with Gasteiger partial charge in [0.05, 0.1) is 22.1 Å². The van der Waals surface area contributed by atoms with E-state index in [0.717, 1.165) is 12.3 Å². The molecule has 42 heavy (non-hydrogen) atoms. The summed E-state index contributed by atoms with van der Waals surface area (Å²) in [7, 11) is 0. The largest absolute Gasteiger partial charge is 0.330 e. The average Bonchev–Trinajstić information content (AvgIpc) is 3.92. The third kappa shape index (κ3) is 2.43. The zero-order chi connectivity index (χ0) is 27.2. The first kappa shape index (κ1) is 21.9. The molecule has 1 aliphatic heterocycles. The van der Waals surface area contributed by atoms with Crippen LogP contribution in [0.2, 0.25) is 0 Å². The second-order valence-electron chi connectivity index (χ2n) is 13.0. The lowest BCUT2D eigenvalue weighted by Gasteiger charge is -2.31. The average molecular weight is 537 g/mol. The summed E-state index contributed by atoms with van der Waals surface area (Å²) in [6, 6.07) is 40.8. The van der Waals surface area contributed by atoms with Crippen LogP contribution in [0.25, 0.3) is 45.6 Å². The number of hydrogen-bond donors (Lipinski definition) is 0. The van der Waals surface area contributed by atoms with Gasteiger partial charge in [-0.1, -0.05) is 97.1 Å². The van der Waals surface area contributed by atoms with Crippen molar-refractivity contribution in [3.8, 4) is 5.69 Å². The van der Waals surface area contributed by atoms with Crippen LogP contribution in [-0.2, 0) is 5.41 Å². The molecular formula is C40H28N2. The van der Waals surface area contributed by atoms with Gasteiger partial charge in [-0.05, 0) is 77.6 Å². The van der Waals surface area contributed by atoms with Crippen molar-refractivity contribution in [2.24, 2.45) is 5.92 Å². The molecule has 5 aromatic carbocycles. The summed E-state index contributed by atoms with van der Waals surface area (Å²) in [5.41, 5.74) is 9.48. The Kier molecular flexibility index (Phi) is 3.72. The van der Waals surface area contributed by atoms with Gasteiger partial charge in [0.2, 0.25) is 0 Å². The van der Waals surface area contributed by atoms with Crippen LogP contribution in [0.1, 0.15) is 35.4 Å². The monoisotopic (exact) mass is 536 g/mol. The fraction of sp³-hybridized carbons (Fsp3) is 0.150. The van der Waals surface area contributed by atoms with Crippen molar-refractivity contribution in [2.45, 2.75) is 29.7 Å². The van der Waals surface area contributed by atoms with E-state index in [1.165, 1.54) is 72.4 Å². The summed E-state index contributed by atoms with van der Waals surface area (Å²) in [4.78, 5) is 2.68. The molecule has 0 bridgehead atoms. The van der Waals surface area contributed by atoms with E-state index in [0.29, 0.717) is 5.92 Å². The van der Waals surface area contributed by atoms with Crippen molar-refractivity contribution in [1.82, 2.24) is 4.57 Å². The quantitative estimate of drug-likeness (QED) is 0.220. The molecule has 198 valence electrons. The Labute approximate surface area is 244 Å². The second kappa shape index (κ2) is 7.14. The van der Waals surface area contributed by atoms with E-state index in [1.807, 2.05) is 0 Å². The molecule has 4 atom stereocenters. The van der Waals surface area contributed by atoms with Crippen LogP contribution in [0.4, 0.5) is 11.4 Å². The third-order valence-corrected chi connectivity index (χ3v) is 11.1. The summed E-state index contributed by atoms with van der Waals surface area (Å²) >= 11 is 0. The molecule has 5 aliphatic rings. The minimum Gasteiger partial charge on any atom is -0.330 e. The van der Waals surface area contributed by atoms with Crippen molar-refractivity contribution in [3.63, 3.8) is 0 Å². The summed E-state index contributed by atoms with van der Waals surface area (Å²) in [5.74, 6) is 1.44. The number of benzene rings is 5. The third-order valence-electron chi connectivity index (χ3n) is 11.1. The molecular weight excluding hydrogens is 508 g/mol. The topological polar surface area (TPSA) is 8.17 Å². The maximum absolute atomic E-state index is 2.68. The second-order valence-corrected chi connectivity index (χ2v) is 13.0. The number of hydrogen-bond acceptors (Lipinski definition) is 1. The van der Waals surface area contributed by atoms with Crippen LogP contribution in [0.3, 0.4) is 0 Å². The molecule has 2 saturated carbocycles. The van der Waals surface area contributed by atoms with Gasteiger partial charge in [-0.25, -0.2) is 0 Å². The summed E-state index contributed by atoms with van der Waals surface area (Å²) in [6.45, 7) is 0. The van der Waals surface area contributed by atoms with Gasteiger partial charge >= 0.3 is 0 Å². The fourth-order valence-corrected chi connectivity index (χ4v) is 9.08. The van der Waals surface area contributed by atoms with Crippen molar-refractivity contribution in [2.75, 3.05) is 4.90 Å². The lowest BCUT2D eigenvalue weighted by molar-refractivity contribution is 0.793. The molecule has 2 fully saturated rings. The normalized spacial score (nSPS) is 26.8. The number of rotatable bonds is 2. The predicted octanol–water partition coefficient (Wildman–Crippen LogP) is 7.72. The molecule has 6 aromatic rings. The Morgan fingerprint density at radius 2 is 1.43 bits per heavy atom. The minimum absolute atomic E-state index is 0.0497. The van der Waals surface area contributed by atoms with Crippen LogP contribution >= 0.6 is 0 Å². The van der Waals surface area contributed by atoms with Crippen LogP contribution in [0.5, 0.6) is 0 Å². The standard InChI is InChI=1S/C40H28N2/c1-2-11-27-25(9-1)10-7-18-36(27)42-37-16-6-4-14-33(37)39-23-38-32(22-40(39,42)24-39)29-12-3-5-15-34(29)41(38)35-17-8-13-28-30(35)20-19-26-21-31(26)28/h1-20,22-23,26,31H,21,24H2. The van der Waals surface area contributed by atoms with Crippen molar-refractivity contribution < 1.29 is 0 Å². The van der Waals surface area contributed by atoms with E-state index in [-0.39, 0.29) is 11.0 Å². The molecule has 0 radical (unpaired) electrons. The smallest absolute Gasteiger partial charge is 0.0789 e. The van der Waals surface area contributed by atoms with Crippen molar-refractivity contribution in [3.05, 3.63) is 143 Å². The first-order chi connectivity index (χ1) is 20.8. The molecule has 4 aliphatic carbocycles. The first-order valence-corrected chi connectivity index (χ1v) is 15.3. The minimum atomic E-state index is -0.111. The van der Waals surface area contributed by atoms with Gasteiger partial charge in [-0.2, -0.15) is 0 Å². The maximum atomic E-state index is 2.68. The fourth-order valence-electron chi connectivity index (χ4n) is 9.08. The molecule has 4 unspecified atom stereocenters. The highest BCUT2D eigenvalue weighted by atomic mass is 15.3. The number of allylic oxidation sites excluding steroid dienone is 1. The molecule has 2 nitrogen and oxygen atoms in total. The van der Waals surface area contributed by atoms with Crippen molar-refractivity contribution >= 4 is 51.3 Å². The molecule has 2 heterocycles. The number of aromatic nitrogens is 1. The lowest BCUT2D eigenvalue weighted by Crippen LogP contribution is -2.42. The SMILES string of the molecule is C1=CC2CC2c2cccc(-n3c4c(c5ccccc53)=CC35CC3(C=4)c3ccccc3N5c3cccc4ccccc34)c21. The number of anilines is 2. The predicted molar refractivity (Wildman–Crippen MR) is 173 cm³/mol. The Hall–Kier alpha value is -4.82. The first-order valence-electron chi connectivity index (χ1n) is 15.3. The van der Waals surface area contributed by atoms with E-state index < -0.39 is 0 Å². The van der Waals surface area contributed by atoms with Gasteiger partial charge in [0.25, 0.3) is 0 Å². The molecule has 2 heteroatoms. The van der Waals surface area contributed by atoms with Crippen molar-refractivity contribution in [1.29, 1.82) is 0 Å². The number of fused-ring (bicyclic) bond motifs is 8. The molecule has 0 amide bonds. The molecule has 0 spiro atoms. The van der Waals surface area contributed by atoms with E-state index in [1.54, 1.807) is 0 Å². The van der Waals surface area contributed by atoms with Gasteiger partial charge in [0, 0.05) is 38.3 Å². The highest BCUT2D eigenvalue weighted by Gasteiger charge is 2.75. The van der Waals surface area contributed by atoms with E-state index in [4.69, 9.17) is 0 Å². The van der Waals surface area contributed by atoms with Gasteiger partial charge in [-0.15, -0.1) is 0 Å². The molecule has 11 rings (SSSR count). The Bertz CT molecular complexity index is 2350.